The smallest absolute Gasteiger partial charge is 0.337 e. The molecule has 2 N–H and O–H groups in total. The Hall–Kier alpha value is -1.48. The quantitative estimate of drug-likeness (QED) is 0.838. The van der Waals surface area contributed by atoms with Gasteiger partial charge in [-0.1, -0.05) is 11.6 Å². The van der Waals surface area contributed by atoms with Gasteiger partial charge < -0.3 is 10.1 Å². The SMILES string of the molecule is O=C(O)c1cc(Cl)cc2cc(C3CC3)[nH]c12. The van der Waals surface area contributed by atoms with Crippen LogP contribution in [0.25, 0.3) is 10.9 Å². The van der Waals surface area contributed by atoms with Gasteiger partial charge in [-0.3, -0.25) is 0 Å². The van der Waals surface area contributed by atoms with Crippen LogP contribution < -0.4 is 0 Å². The van der Waals surface area contributed by atoms with Crippen molar-refractivity contribution in [2.24, 2.45) is 0 Å². The highest BCUT2D eigenvalue weighted by molar-refractivity contribution is 6.32. The molecule has 0 atom stereocenters. The summed E-state index contributed by atoms with van der Waals surface area (Å²) in [5.74, 6) is -0.371. The minimum Gasteiger partial charge on any atom is -0.478 e. The van der Waals surface area contributed by atoms with E-state index in [0.717, 1.165) is 11.1 Å². The Labute approximate surface area is 97.0 Å². The number of fused-ring (bicyclic) bond motifs is 1. The molecule has 1 aliphatic rings. The molecule has 2 aromatic rings. The fourth-order valence-corrected chi connectivity index (χ4v) is 2.24. The monoisotopic (exact) mass is 235 g/mol. The minimum absolute atomic E-state index is 0.245. The predicted octanol–water partition coefficient (Wildman–Crippen LogP) is 3.40. The Morgan fingerprint density at radius 2 is 2.12 bits per heavy atom. The van der Waals surface area contributed by atoms with Crippen LogP contribution in [-0.2, 0) is 0 Å². The summed E-state index contributed by atoms with van der Waals surface area (Å²) in [7, 11) is 0. The molecule has 1 saturated carbocycles. The summed E-state index contributed by atoms with van der Waals surface area (Å²) in [5.41, 5.74) is 2.05. The third kappa shape index (κ3) is 1.48. The first-order valence-corrected chi connectivity index (χ1v) is 5.58. The van der Waals surface area contributed by atoms with Crippen LogP contribution in [-0.4, -0.2) is 16.1 Å². The van der Waals surface area contributed by atoms with Crippen molar-refractivity contribution in [3.05, 3.63) is 34.5 Å². The standard InChI is InChI=1S/C12H10ClNO2/c13-8-3-7-4-10(6-1-2-6)14-11(7)9(5-8)12(15)16/h3-6,14H,1-2H2,(H,15,16). The fourth-order valence-electron chi connectivity index (χ4n) is 2.01. The van der Waals surface area contributed by atoms with E-state index in [9.17, 15) is 4.79 Å². The van der Waals surface area contributed by atoms with Gasteiger partial charge in [0, 0.05) is 16.1 Å². The number of aromatic carboxylic acids is 1. The van der Waals surface area contributed by atoms with Gasteiger partial charge in [0.15, 0.2) is 0 Å². The topological polar surface area (TPSA) is 53.1 Å². The van der Waals surface area contributed by atoms with E-state index in [4.69, 9.17) is 16.7 Å². The molecule has 0 bridgehead atoms. The molecule has 0 radical (unpaired) electrons. The molecule has 82 valence electrons. The number of H-pyrrole nitrogens is 1. The Morgan fingerprint density at radius 1 is 1.38 bits per heavy atom. The summed E-state index contributed by atoms with van der Waals surface area (Å²) in [6.45, 7) is 0. The van der Waals surface area contributed by atoms with Crippen LogP contribution in [0.1, 0.15) is 34.8 Å². The van der Waals surface area contributed by atoms with Crippen molar-refractivity contribution in [3.8, 4) is 0 Å². The Morgan fingerprint density at radius 3 is 2.75 bits per heavy atom. The molecule has 0 aliphatic heterocycles. The van der Waals surface area contributed by atoms with Crippen molar-refractivity contribution < 1.29 is 9.90 Å². The van der Waals surface area contributed by atoms with E-state index in [-0.39, 0.29) is 5.56 Å². The maximum atomic E-state index is 11.1. The zero-order valence-corrected chi connectivity index (χ0v) is 9.21. The predicted molar refractivity (Wildman–Crippen MR) is 62.2 cm³/mol. The third-order valence-corrected chi connectivity index (χ3v) is 3.18. The van der Waals surface area contributed by atoms with E-state index >= 15 is 0 Å². The van der Waals surface area contributed by atoms with E-state index in [0.29, 0.717) is 16.5 Å². The van der Waals surface area contributed by atoms with E-state index < -0.39 is 5.97 Å². The summed E-state index contributed by atoms with van der Waals surface area (Å²) < 4.78 is 0. The van der Waals surface area contributed by atoms with Gasteiger partial charge in [0.25, 0.3) is 0 Å². The maximum absolute atomic E-state index is 11.1. The van der Waals surface area contributed by atoms with Gasteiger partial charge in [-0.2, -0.15) is 0 Å². The molecule has 1 aliphatic carbocycles. The van der Waals surface area contributed by atoms with Crippen LogP contribution in [0.3, 0.4) is 0 Å². The molecule has 1 aromatic heterocycles. The van der Waals surface area contributed by atoms with Crippen LogP contribution in [0, 0.1) is 0 Å². The molecule has 3 rings (SSSR count). The second-order valence-corrected chi connectivity index (χ2v) is 4.66. The maximum Gasteiger partial charge on any atom is 0.337 e. The van der Waals surface area contributed by atoms with E-state index in [1.807, 2.05) is 6.07 Å². The summed E-state index contributed by atoms with van der Waals surface area (Å²) in [5, 5.41) is 10.4. The lowest BCUT2D eigenvalue weighted by molar-refractivity contribution is 0.0699. The Bertz CT molecular complexity index is 584. The van der Waals surface area contributed by atoms with Crippen molar-refractivity contribution >= 4 is 28.5 Å². The lowest BCUT2D eigenvalue weighted by Crippen LogP contribution is -1.97. The number of benzene rings is 1. The summed E-state index contributed by atoms with van der Waals surface area (Å²) in [4.78, 5) is 14.3. The van der Waals surface area contributed by atoms with Crippen molar-refractivity contribution in [1.29, 1.82) is 0 Å². The van der Waals surface area contributed by atoms with Gasteiger partial charge in [-0.05, 0) is 37.0 Å². The summed E-state index contributed by atoms with van der Waals surface area (Å²) in [6.07, 6.45) is 2.37. The molecule has 1 heterocycles. The first-order valence-electron chi connectivity index (χ1n) is 5.20. The molecule has 0 unspecified atom stereocenters. The lowest BCUT2D eigenvalue weighted by atomic mass is 10.1. The van der Waals surface area contributed by atoms with Gasteiger partial charge in [0.2, 0.25) is 0 Å². The zero-order chi connectivity index (χ0) is 11.3. The average Bonchev–Trinajstić information content (AvgIpc) is 2.98. The number of carboxylic acids is 1. The molecule has 4 heteroatoms. The summed E-state index contributed by atoms with van der Waals surface area (Å²) >= 11 is 5.90. The van der Waals surface area contributed by atoms with Gasteiger partial charge in [-0.25, -0.2) is 4.79 Å². The van der Waals surface area contributed by atoms with Crippen LogP contribution >= 0.6 is 11.6 Å². The summed E-state index contributed by atoms with van der Waals surface area (Å²) in [6, 6.07) is 5.29. The number of hydrogen-bond acceptors (Lipinski definition) is 1. The number of aromatic amines is 1. The van der Waals surface area contributed by atoms with Gasteiger partial charge in [-0.15, -0.1) is 0 Å². The van der Waals surface area contributed by atoms with Gasteiger partial charge in [0.05, 0.1) is 11.1 Å². The highest BCUT2D eigenvalue weighted by Gasteiger charge is 2.26. The van der Waals surface area contributed by atoms with Crippen LogP contribution in [0.15, 0.2) is 18.2 Å². The fraction of sp³-hybridized carbons (Fsp3) is 0.250. The van der Waals surface area contributed by atoms with Crippen molar-refractivity contribution in [3.63, 3.8) is 0 Å². The first-order chi connectivity index (χ1) is 7.65. The number of halogens is 1. The molecule has 3 nitrogen and oxygen atoms in total. The lowest BCUT2D eigenvalue weighted by Gasteiger charge is -1.98. The van der Waals surface area contributed by atoms with Gasteiger partial charge >= 0.3 is 5.97 Å². The molecule has 0 amide bonds. The molecule has 0 saturated heterocycles. The van der Waals surface area contributed by atoms with E-state index in [1.54, 1.807) is 6.07 Å². The number of carbonyl (C=O) groups is 1. The van der Waals surface area contributed by atoms with Crippen LogP contribution in [0.4, 0.5) is 0 Å². The molecule has 16 heavy (non-hydrogen) atoms. The van der Waals surface area contributed by atoms with Crippen LogP contribution in [0.5, 0.6) is 0 Å². The Balaban J connectivity index is 2.27. The van der Waals surface area contributed by atoms with Crippen molar-refractivity contribution in [1.82, 2.24) is 4.98 Å². The van der Waals surface area contributed by atoms with Crippen molar-refractivity contribution in [2.45, 2.75) is 18.8 Å². The second-order valence-electron chi connectivity index (χ2n) is 4.22. The van der Waals surface area contributed by atoms with Crippen molar-refractivity contribution in [2.75, 3.05) is 0 Å². The number of aromatic nitrogens is 1. The molecular formula is C12H10ClNO2. The molecule has 1 aromatic carbocycles. The van der Waals surface area contributed by atoms with E-state index in [1.165, 1.54) is 18.9 Å². The largest absolute Gasteiger partial charge is 0.478 e. The van der Waals surface area contributed by atoms with E-state index in [2.05, 4.69) is 4.98 Å². The van der Waals surface area contributed by atoms with Gasteiger partial charge in [0.1, 0.15) is 0 Å². The number of carboxylic acid groups (broad SMARTS) is 1. The Kier molecular flexibility index (Phi) is 1.98. The normalized spacial score (nSPS) is 15.6. The number of rotatable bonds is 2. The third-order valence-electron chi connectivity index (χ3n) is 2.96. The molecular weight excluding hydrogens is 226 g/mol. The first kappa shape index (κ1) is 9.73. The highest BCUT2D eigenvalue weighted by Crippen LogP contribution is 2.41. The number of nitrogens with one attached hydrogen (secondary N) is 1. The molecule has 0 spiro atoms. The minimum atomic E-state index is -0.948. The number of hydrogen-bond donors (Lipinski definition) is 2. The zero-order valence-electron chi connectivity index (χ0n) is 8.46. The molecule has 1 fully saturated rings. The van der Waals surface area contributed by atoms with Crippen LogP contribution in [0.2, 0.25) is 5.02 Å². The average molecular weight is 236 g/mol. The highest BCUT2D eigenvalue weighted by atomic mass is 35.5. The second kappa shape index (κ2) is 3.25.